The van der Waals surface area contributed by atoms with Crippen molar-refractivity contribution in [3.05, 3.63) is 0 Å². The summed E-state index contributed by atoms with van der Waals surface area (Å²) in [6.45, 7) is 4.06. The van der Waals surface area contributed by atoms with Crippen molar-refractivity contribution in [2.75, 3.05) is 13.1 Å². The lowest BCUT2D eigenvalue weighted by Gasteiger charge is -2.47. The average molecular weight is 347 g/mol. The highest BCUT2D eigenvalue weighted by molar-refractivity contribution is 5.85. The summed E-state index contributed by atoms with van der Waals surface area (Å²) in [5.41, 5.74) is -0.807. The van der Waals surface area contributed by atoms with E-state index in [1.54, 1.807) is 4.90 Å². The fourth-order valence-corrected chi connectivity index (χ4v) is 3.99. The van der Waals surface area contributed by atoms with Gasteiger partial charge in [-0.1, -0.05) is 6.92 Å². The molecule has 5 nitrogen and oxygen atoms in total. The van der Waals surface area contributed by atoms with E-state index in [-0.39, 0.29) is 37.1 Å². The first-order chi connectivity index (χ1) is 11.2. The van der Waals surface area contributed by atoms with Gasteiger partial charge in [-0.3, -0.25) is 9.59 Å². The summed E-state index contributed by atoms with van der Waals surface area (Å²) < 4.78 is 38.7. The fraction of sp³-hybridized carbons (Fsp3) is 0.875. The van der Waals surface area contributed by atoms with Gasteiger partial charge in [-0.2, -0.15) is 13.2 Å². The van der Waals surface area contributed by atoms with E-state index in [1.165, 1.54) is 0 Å². The summed E-state index contributed by atoms with van der Waals surface area (Å²) in [5, 5.41) is 3.25. The summed E-state index contributed by atoms with van der Waals surface area (Å²) in [4.78, 5) is 27.3. The van der Waals surface area contributed by atoms with Gasteiger partial charge in [-0.15, -0.1) is 0 Å². The van der Waals surface area contributed by atoms with E-state index in [4.69, 9.17) is 0 Å². The molecule has 0 radical (unpaired) electrons. The van der Waals surface area contributed by atoms with Crippen LogP contribution in [-0.2, 0) is 9.59 Å². The maximum Gasteiger partial charge on any atom is 0.471 e. The van der Waals surface area contributed by atoms with Gasteiger partial charge in [0.25, 0.3) is 0 Å². The van der Waals surface area contributed by atoms with E-state index in [0.29, 0.717) is 19.3 Å². The third-order valence-corrected chi connectivity index (χ3v) is 5.61. The van der Waals surface area contributed by atoms with Crippen molar-refractivity contribution in [1.82, 2.24) is 15.1 Å². The van der Waals surface area contributed by atoms with Crippen molar-refractivity contribution in [1.29, 1.82) is 0 Å². The van der Waals surface area contributed by atoms with E-state index in [0.717, 1.165) is 17.7 Å². The molecule has 1 spiro atoms. The molecule has 0 aromatic heterocycles. The zero-order valence-electron chi connectivity index (χ0n) is 14.0. The van der Waals surface area contributed by atoms with Crippen molar-refractivity contribution >= 4 is 11.8 Å². The van der Waals surface area contributed by atoms with Crippen LogP contribution < -0.4 is 5.32 Å². The smallest absolute Gasteiger partial charge is 0.334 e. The molecule has 3 atom stereocenters. The highest BCUT2D eigenvalue weighted by Crippen LogP contribution is 2.47. The second-order valence-corrected chi connectivity index (χ2v) is 7.36. The molecular formula is C16H24F3N3O2. The van der Waals surface area contributed by atoms with E-state index in [9.17, 15) is 22.8 Å². The number of rotatable bonds is 2. The first kappa shape index (κ1) is 17.5. The predicted molar refractivity (Wildman–Crippen MR) is 81.1 cm³/mol. The van der Waals surface area contributed by atoms with E-state index < -0.39 is 17.6 Å². The summed E-state index contributed by atoms with van der Waals surface area (Å²) >= 11 is 0. The monoisotopic (exact) mass is 347 g/mol. The molecule has 0 bridgehead atoms. The molecule has 2 aliphatic heterocycles. The molecule has 1 N–H and O–H groups in total. The van der Waals surface area contributed by atoms with Crippen LogP contribution in [0.5, 0.6) is 0 Å². The van der Waals surface area contributed by atoms with Crippen molar-refractivity contribution in [3.63, 3.8) is 0 Å². The molecule has 136 valence electrons. The second-order valence-electron chi connectivity index (χ2n) is 7.36. The van der Waals surface area contributed by atoms with Crippen LogP contribution in [0.15, 0.2) is 0 Å². The minimum atomic E-state index is -4.86. The van der Waals surface area contributed by atoms with Gasteiger partial charge in [-0.05, 0) is 39.0 Å². The minimum absolute atomic E-state index is 0.0249. The van der Waals surface area contributed by atoms with Crippen LogP contribution in [0.2, 0.25) is 0 Å². The number of nitrogens with zero attached hydrogens (tertiary/aromatic N) is 2. The van der Waals surface area contributed by atoms with Crippen LogP contribution in [-0.4, -0.2) is 64.5 Å². The Balaban J connectivity index is 1.78. The molecule has 0 aromatic carbocycles. The highest BCUT2D eigenvalue weighted by atomic mass is 19.4. The Bertz CT molecular complexity index is 533. The lowest BCUT2D eigenvalue weighted by molar-refractivity contribution is -0.193. The largest absolute Gasteiger partial charge is 0.471 e. The molecule has 0 unspecified atom stereocenters. The third kappa shape index (κ3) is 3.00. The summed E-state index contributed by atoms with van der Waals surface area (Å²) in [6.07, 6.45) is -1.59. The van der Waals surface area contributed by atoms with Crippen LogP contribution in [0.3, 0.4) is 0 Å². The number of piperazine rings is 1. The Morgan fingerprint density at radius 3 is 2.38 bits per heavy atom. The van der Waals surface area contributed by atoms with Gasteiger partial charge >= 0.3 is 12.1 Å². The third-order valence-electron chi connectivity index (χ3n) is 5.61. The van der Waals surface area contributed by atoms with Crippen molar-refractivity contribution in [3.8, 4) is 0 Å². The Morgan fingerprint density at radius 2 is 1.92 bits per heavy atom. The number of hydrogen-bond donors (Lipinski definition) is 1. The van der Waals surface area contributed by atoms with Crippen molar-refractivity contribution in [2.45, 2.75) is 75.8 Å². The predicted octanol–water partition coefficient (Wildman–Crippen LogP) is 1.67. The molecule has 0 aromatic rings. The van der Waals surface area contributed by atoms with Crippen LogP contribution in [0.1, 0.15) is 46.0 Å². The van der Waals surface area contributed by atoms with Gasteiger partial charge in [0.15, 0.2) is 0 Å². The van der Waals surface area contributed by atoms with E-state index in [2.05, 4.69) is 5.32 Å². The summed E-state index contributed by atoms with van der Waals surface area (Å²) in [6, 6.07) is -0.329. The molecule has 2 saturated heterocycles. The molecule has 8 heteroatoms. The number of carbonyl (C=O) groups is 2. The molecule has 2 heterocycles. The molecule has 3 aliphatic rings. The normalized spacial score (nSPS) is 32.3. The first-order valence-corrected chi connectivity index (χ1v) is 8.63. The molecule has 1 saturated carbocycles. The average Bonchev–Trinajstić information content (AvgIpc) is 3.15. The molecule has 24 heavy (non-hydrogen) atoms. The first-order valence-electron chi connectivity index (χ1n) is 8.63. The number of alkyl halides is 3. The molecule has 3 fully saturated rings. The van der Waals surface area contributed by atoms with Crippen LogP contribution in [0, 0.1) is 0 Å². The Morgan fingerprint density at radius 1 is 1.25 bits per heavy atom. The number of carbonyl (C=O) groups excluding carboxylic acids is 2. The number of nitrogens with one attached hydrogen (secondary N) is 1. The number of hydrogen-bond acceptors (Lipinski definition) is 3. The second kappa shape index (κ2) is 5.89. The van der Waals surface area contributed by atoms with Gasteiger partial charge in [0.1, 0.15) is 0 Å². The summed E-state index contributed by atoms with van der Waals surface area (Å²) in [5.74, 6) is -1.80. The zero-order valence-corrected chi connectivity index (χ0v) is 14.0. The topological polar surface area (TPSA) is 52.7 Å². The number of amides is 2. The van der Waals surface area contributed by atoms with Crippen LogP contribution in [0.25, 0.3) is 0 Å². The maximum absolute atomic E-state index is 12.9. The molecule has 3 rings (SSSR count). The van der Waals surface area contributed by atoms with Gasteiger partial charge in [0.2, 0.25) is 5.91 Å². The lowest BCUT2D eigenvalue weighted by Crippen LogP contribution is -2.66. The molecular weight excluding hydrogens is 323 g/mol. The number of halogens is 3. The van der Waals surface area contributed by atoms with E-state index in [1.807, 2.05) is 13.8 Å². The summed E-state index contributed by atoms with van der Waals surface area (Å²) in [7, 11) is 0. The zero-order chi connectivity index (χ0) is 17.7. The van der Waals surface area contributed by atoms with Crippen LogP contribution >= 0.6 is 0 Å². The van der Waals surface area contributed by atoms with Crippen molar-refractivity contribution in [2.24, 2.45) is 0 Å². The van der Waals surface area contributed by atoms with Gasteiger partial charge in [0.05, 0.1) is 11.6 Å². The fourth-order valence-electron chi connectivity index (χ4n) is 3.99. The maximum atomic E-state index is 12.9. The Hall–Kier alpha value is -1.31. The van der Waals surface area contributed by atoms with Gasteiger partial charge < -0.3 is 15.1 Å². The Labute approximate surface area is 139 Å². The van der Waals surface area contributed by atoms with Crippen molar-refractivity contribution < 1.29 is 22.8 Å². The molecule has 2 amide bonds. The highest BCUT2D eigenvalue weighted by Gasteiger charge is 2.60. The van der Waals surface area contributed by atoms with Gasteiger partial charge in [0, 0.05) is 25.2 Å². The SMILES string of the molecule is CC[C@@H]1CN(C(=O)C(F)(F)F)C2(CC2)CN1C(=O)[C@@H]1CC[C@@H](C)N1. The Kier molecular flexibility index (Phi) is 4.30. The quantitative estimate of drug-likeness (QED) is 0.827. The van der Waals surface area contributed by atoms with E-state index >= 15 is 0 Å². The standard InChI is InChI=1S/C16H24F3N3O2/c1-3-11-8-22(14(24)16(17,18)19)15(6-7-15)9-21(11)13(23)12-5-4-10(2)20-12/h10-12,20H,3-9H2,1-2H3/t10-,11-,12+/m1/s1. The van der Waals surface area contributed by atoms with Gasteiger partial charge in [-0.25, -0.2) is 0 Å². The molecule has 1 aliphatic carbocycles. The minimum Gasteiger partial charge on any atom is -0.334 e. The van der Waals surface area contributed by atoms with Crippen LogP contribution in [0.4, 0.5) is 13.2 Å². The lowest BCUT2D eigenvalue weighted by atomic mass is 10.0.